The van der Waals surface area contributed by atoms with Gasteiger partial charge in [0.25, 0.3) is 0 Å². The molecular weight excluding hydrogens is 258 g/mol. The molecule has 98 valence electrons. The minimum absolute atomic E-state index is 0.319. The first-order chi connectivity index (χ1) is 8.95. The molecule has 0 heterocycles. The molecule has 0 saturated heterocycles. The first-order valence-electron chi connectivity index (χ1n) is 5.86. The van der Waals surface area contributed by atoms with E-state index in [0.29, 0.717) is 4.90 Å². The van der Waals surface area contributed by atoms with Crippen molar-refractivity contribution in [2.45, 2.75) is 11.8 Å². The van der Waals surface area contributed by atoms with Gasteiger partial charge in [-0.2, -0.15) is 0 Å². The monoisotopic (exact) mass is 273 g/mol. The zero-order chi connectivity index (χ0) is 13.9. The molecule has 2 aromatic rings. The summed E-state index contributed by atoms with van der Waals surface area (Å²) in [5, 5.41) is 0. The second-order valence-corrected chi connectivity index (χ2v) is 6.45. The first-order valence-corrected chi connectivity index (χ1v) is 7.75. The van der Waals surface area contributed by atoms with E-state index in [0.717, 1.165) is 11.3 Å². The van der Waals surface area contributed by atoms with Gasteiger partial charge in [-0.25, -0.2) is 8.42 Å². The molecule has 2 aromatic carbocycles. The summed E-state index contributed by atoms with van der Waals surface area (Å²) in [5.74, 6) is 0. The summed E-state index contributed by atoms with van der Waals surface area (Å²) in [7, 11) is -3.14. The maximum atomic E-state index is 11.3. The maximum Gasteiger partial charge on any atom is 0.175 e. The second-order valence-electron chi connectivity index (χ2n) is 4.43. The first kappa shape index (κ1) is 13.5. The van der Waals surface area contributed by atoms with Crippen LogP contribution in [0.25, 0.3) is 0 Å². The summed E-state index contributed by atoms with van der Waals surface area (Å²) in [6.07, 6.45) is 2.92. The third-order valence-corrected chi connectivity index (χ3v) is 3.83. The van der Waals surface area contributed by atoms with Crippen LogP contribution in [0.4, 0.5) is 5.69 Å². The molecule has 0 unspecified atom stereocenters. The molecule has 0 saturated carbocycles. The molecule has 0 aliphatic carbocycles. The number of benzene rings is 2. The zero-order valence-electron chi connectivity index (χ0n) is 10.9. The van der Waals surface area contributed by atoms with Crippen molar-refractivity contribution < 1.29 is 8.42 Å². The Morgan fingerprint density at radius 1 is 0.947 bits per heavy atom. The van der Waals surface area contributed by atoms with E-state index >= 15 is 0 Å². The van der Waals surface area contributed by atoms with Gasteiger partial charge in [0.2, 0.25) is 0 Å². The fourth-order valence-corrected chi connectivity index (χ4v) is 2.21. The summed E-state index contributed by atoms with van der Waals surface area (Å²) in [4.78, 5) is 4.65. The summed E-state index contributed by atoms with van der Waals surface area (Å²) >= 11 is 0. The predicted octanol–water partition coefficient (Wildman–Crippen LogP) is 3.15. The minimum atomic E-state index is -3.14. The summed E-state index contributed by atoms with van der Waals surface area (Å²) in [6, 6.07) is 14.5. The van der Waals surface area contributed by atoms with Gasteiger partial charge in [0, 0.05) is 12.5 Å². The smallest absolute Gasteiger partial charge is 0.175 e. The van der Waals surface area contributed by atoms with Crippen molar-refractivity contribution in [2.75, 3.05) is 6.26 Å². The van der Waals surface area contributed by atoms with Crippen LogP contribution in [0, 0.1) is 6.92 Å². The molecule has 2 rings (SSSR count). The van der Waals surface area contributed by atoms with Gasteiger partial charge < -0.3 is 0 Å². The van der Waals surface area contributed by atoms with Crippen LogP contribution in [-0.4, -0.2) is 20.9 Å². The molecule has 3 nitrogen and oxygen atoms in total. The van der Waals surface area contributed by atoms with Crippen molar-refractivity contribution in [1.29, 1.82) is 0 Å². The van der Waals surface area contributed by atoms with Crippen molar-refractivity contribution in [1.82, 2.24) is 0 Å². The van der Waals surface area contributed by atoms with Crippen molar-refractivity contribution >= 4 is 21.7 Å². The number of sulfone groups is 1. The van der Waals surface area contributed by atoms with Gasteiger partial charge in [0.15, 0.2) is 9.84 Å². The molecule has 0 N–H and O–H groups in total. The van der Waals surface area contributed by atoms with Crippen molar-refractivity contribution in [2.24, 2.45) is 4.99 Å². The quantitative estimate of drug-likeness (QED) is 0.806. The normalized spacial score (nSPS) is 11.9. The molecule has 0 radical (unpaired) electrons. The van der Waals surface area contributed by atoms with Gasteiger partial charge in [0.05, 0.1) is 10.6 Å². The van der Waals surface area contributed by atoms with Gasteiger partial charge in [-0.3, -0.25) is 4.99 Å². The number of hydrogen-bond acceptors (Lipinski definition) is 3. The summed E-state index contributed by atoms with van der Waals surface area (Å²) in [5.41, 5.74) is 2.93. The fourth-order valence-electron chi connectivity index (χ4n) is 1.58. The van der Waals surface area contributed by atoms with E-state index in [1.165, 1.54) is 11.8 Å². The lowest BCUT2D eigenvalue weighted by Crippen LogP contribution is -1.96. The third-order valence-electron chi connectivity index (χ3n) is 2.70. The molecule has 0 aromatic heterocycles. The van der Waals surface area contributed by atoms with Crippen LogP contribution in [0.2, 0.25) is 0 Å². The van der Waals surface area contributed by atoms with E-state index in [1.54, 1.807) is 30.5 Å². The van der Waals surface area contributed by atoms with Crippen LogP contribution in [0.3, 0.4) is 0 Å². The molecule has 0 atom stereocenters. The Balaban J connectivity index is 2.18. The van der Waals surface area contributed by atoms with Gasteiger partial charge in [-0.05, 0) is 36.8 Å². The van der Waals surface area contributed by atoms with Crippen molar-refractivity contribution in [3.8, 4) is 0 Å². The minimum Gasteiger partial charge on any atom is -0.256 e. The molecule has 0 aliphatic heterocycles. The Bertz CT molecular complexity index is 684. The van der Waals surface area contributed by atoms with Crippen LogP contribution in [0.5, 0.6) is 0 Å². The number of aryl methyl sites for hydroxylation is 1. The van der Waals surface area contributed by atoms with Gasteiger partial charge in [-0.1, -0.05) is 29.8 Å². The Morgan fingerprint density at radius 2 is 1.53 bits per heavy atom. The molecule has 0 spiro atoms. The number of aliphatic imine (C=N–C) groups is 1. The summed E-state index contributed by atoms with van der Waals surface area (Å²) < 4.78 is 22.6. The lowest BCUT2D eigenvalue weighted by molar-refractivity contribution is 0.602. The standard InChI is InChI=1S/C15H15NO2S/c1-12-3-7-14(8-4-12)16-11-13-5-9-15(10-6-13)19(2,17)18/h3-11H,1-2H3. The van der Waals surface area contributed by atoms with Crippen molar-refractivity contribution in [3.63, 3.8) is 0 Å². The highest BCUT2D eigenvalue weighted by molar-refractivity contribution is 7.90. The van der Waals surface area contributed by atoms with Crippen LogP contribution >= 0.6 is 0 Å². The summed E-state index contributed by atoms with van der Waals surface area (Å²) in [6.45, 7) is 2.03. The zero-order valence-corrected chi connectivity index (χ0v) is 11.7. The topological polar surface area (TPSA) is 46.5 Å². The fraction of sp³-hybridized carbons (Fsp3) is 0.133. The molecule has 0 fully saturated rings. The predicted molar refractivity (Wildman–Crippen MR) is 78.0 cm³/mol. The van der Waals surface area contributed by atoms with Crippen molar-refractivity contribution in [3.05, 3.63) is 59.7 Å². The van der Waals surface area contributed by atoms with E-state index in [-0.39, 0.29) is 0 Å². The number of rotatable bonds is 3. The van der Waals surface area contributed by atoms with Crippen LogP contribution in [0.1, 0.15) is 11.1 Å². The SMILES string of the molecule is Cc1ccc(N=Cc2ccc(S(C)(=O)=O)cc2)cc1. The highest BCUT2D eigenvalue weighted by Crippen LogP contribution is 2.13. The molecule has 0 aliphatic rings. The number of nitrogens with zero attached hydrogens (tertiary/aromatic N) is 1. The Kier molecular flexibility index (Phi) is 3.81. The highest BCUT2D eigenvalue weighted by Gasteiger charge is 2.05. The van der Waals surface area contributed by atoms with E-state index in [1.807, 2.05) is 31.2 Å². The van der Waals surface area contributed by atoms with E-state index in [9.17, 15) is 8.42 Å². The second kappa shape index (κ2) is 5.36. The van der Waals surface area contributed by atoms with Crippen LogP contribution < -0.4 is 0 Å². The molecule has 0 amide bonds. The molecule has 0 bridgehead atoms. The lowest BCUT2D eigenvalue weighted by Gasteiger charge is -1.99. The van der Waals surface area contributed by atoms with E-state index < -0.39 is 9.84 Å². The highest BCUT2D eigenvalue weighted by atomic mass is 32.2. The van der Waals surface area contributed by atoms with Crippen LogP contribution in [0.15, 0.2) is 58.4 Å². The van der Waals surface area contributed by atoms with Crippen LogP contribution in [-0.2, 0) is 9.84 Å². The Labute approximate surface area is 113 Å². The average molecular weight is 273 g/mol. The third kappa shape index (κ3) is 3.76. The average Bonchev–Trinajstić information content (AvgIpc) is 2.37. The molecular formula is C15H15NO2S. The maximum absolute atomic E-state index is 11.3. The van der Waals surface area contributed by atoms with Gasteiger partial charge in [-0.15, -0.1) is 0 Å². The molecule has 19 heavy (non-hydrogen) atoms. The Morgan fingerprint density at radius 3 is 2.05 bits per heavy atom. The Hall–Kier alpha value is -1.94. The molecule has 4 heteroatoms. The van der Waals surface area contributed by atoms with Gasteiger partial charge >= 0.3 is 0 Å². The van der Waals surface area contributed by atoms with E-state index in [2.05, 4.69) is 4.99 Å². The number of hydrogen-bond donors (Lipinski definition) is 0. The lowest BCUT2D eigenvalue weighted by atomic mass is 10.2. The van der Waals surface area contributed by atoms with E-state index in [4.69, 9.17) is 0 Å². The largest absolute Gasteiger partial charge is 0.256 e. The van der Waals surface area contributed by atoms with Gasteiger partial charge in [0.1, 0.15) is 0 Å².